The van der Waals surface area contributed by atoms with Crippen LogP contribution in [0.25, 0.3) is 0 Å². The number of carbonyl (C=O) groups excluding carboxylic acids is 1. The summed E-state index contributed by atoms with van der Waals surface area (Å²) >= 11 is 5.80. The van der Waals surface area contributed by atoms with Crippen LogP contribution in [0.3, 0.4) is 0 Å². The average molecular weight is 372 g/mol. The zero-order chi connectivity index (χ0) is 18.5. The van der Waals surface area contributed by atoms with Crippen LogP contribution in [0.5, 0.6) is 5.75 Å². The van der Waals surface area contributed by atoms with Crippen LogP contribution in [0, 0.1) is 13.8 Å². The Hall–Kier alpha value is -2.86. The van der Waals surface area contributed by atoms with Gasteiger partial charge < -0.3 is 9.15 Å². The average Bonchev–Trinajstić information content (AvgIpc) is 3.04. The predicted octanol–water partition coefficient (Wildman–Crippen LogP) is 3.95. The molecular weight excluding hydrogens is 354 g/mol. The summed E-state index contributed by atoms with van der Waals surface area (Å²) in [5, 5.41) is 10.9. The molecule has 1 aromatic heterocycles. The third-order valence-corrected chi connectivity index (χ3v) is 3.99. The largest absolute Gasteiger partial charge is 0.484 e. The number of rotatable bonds is 6. The van der Waals surface area contributed by atoms with Crippen molar-refractivity contribution >= 4 is 23.5 Å². The van der Waals surface area contributed by atoms with Gasteiger partial charge in [-0.25, -0.2) is 0 Å². The Morgan fingerprint density at radius 1 is 1.15 bits per heavy atom. The Kier molecular flexibility index (Phi) is 5.53. The second-order valence-electron chi connectivity index (χ2n) is 5.90. The lowest BCUT2D eigenvalue weighted by atomic mass is 10.0. The molecule has 26 heavy (non-hydrogen) atoms. The number of nitrogens with one attached hydrogen (secondary N) is 1. The summed E-state index contributed by atoms with van der Waals surface area (Å²) in [6.07, 6.45) is 0.510. The second-order valence-corrected chi connectivity index (χ2v) is 6.33. The number of amides is 1. The third kappa shape index (κ3) is 4.83. The molecule has 3 aromatic rings. The van der Waals surface area contributed by atoms with Crippen molar-refractivity contribution in [1.29, 1.82) is 0 Å². The summed E-state index contributed by atoms with van der Waals surface area (Å²) in [6, 6.07) is 13.0. The van der Waals surface area contributed by atoms with Crippen LogP contribution in [0.1, 0.15) is 22.6 Å². The molecular formula is C19H18ClN3O3. The van der Waals surface area contributed by atoms with Crippen LogP contribution in [-0.4, -0.2) is 22.7 Å². The van der Waals surface area contributed by atoms with Crippen molar-refractivity contribution in [1.82, 2.24) is 10.2 Å². The van der Waals surface area contributed by atoms with Gasteiger partial charge in [-0.3, -0.25) is 10.1 Å². The van der Waals surface area contributed by atoms with Gasteiger partial charge in [-0.1, -0.05) is 40.5 Å². The number of halogens is 1. The highest BCUT2D eigenvalue weighted by atomic mass is 35.5. The van der Waals surface area contributed by atoms with Crippen molar-refractivity contribution < 1.29 is 13.9 Å². The van der Waals surface area contributed by atoms with Crippen LogP contribution in [-0.2, 0) is 11.2 Å². The number of anilines is 1. The van der Waals surface area contributed by atoms with E-state index >= 15 is 0 Å². The van der Waals surface area contributed by atoms with Gasteiger partial charge in [-0.15, -0.1) is 5.10 Å². The molecule has 2 aromatic carbocycles. The number of ether oxygens (including phenoxy) is 1. The van der Waals surface area contributed by atoms with Crippen LogP contribution in [0.4, 0.5) is 6.01 Å². The number of aromatic nitrogens is 2. The maximum Gasteiger partial charge on any atom is 0.322 e. The Morgan fingerprint density at radius 2 is 1.92 bits per heavy atom. The molecule has 0 spiro atoms. The number of benzene rings is 2. The van der Waals surface area contributed by atoms with Crippen LogP contribution < -0.4 is 10.1 Å². The van der Waals surface area contributed by atoms with Gasteiger partial charge in [0.1, 0.15) is 5.75 Å². The van der Waals surface area contributed by atoms with Gasteiger partial charge in [-0.2, -0.15) is 0 Å². The van der Waals surface area contributed by atoms with Crippen molar-refractivity contribution in [3.8, 4) is 5.75 Å². The first-order chi connectivity index (χ1) is 12.5. The van der Waals surface area contributed by atoms with Crippen LogP contribution >= 0.6 is 11.6 Å². The minimum absolute atomic E-state index is 0.0504. The van der Waals surface area contributed by atoms with E-state index in [1.165, 1.54) is 5.56 Å². The molecule has 0 saturated carbocycles. The zero-order valence-corrected chi connectivity index (χ0v) is 15.2. The maximum absolute atomic E-state index is 11.9. The van der Waals surface area contributed by atoms with Crippen molar-refractivity contribution in [2.45, 2.75) is 20.3 Å². The Bertz CT molecular complexity index is 907. The topological polar surface area (TPSA) is 77.2 Å². The van der Waals surface area contributed by atoms with E-state index in [-0.39, 0.29) is 18.5 Å². The monoisotopic (exact) mass is 371 g/mol. The molecule has 134 valence electrons. The lowest BCUT2D eigenvalue weighted by Crippen LogP contribution is -2.20. The minimum atomic E-state index is -0.387. The summed E-state index contributed by atoms with van der Waals surface area (Å²) in [6.45, 7) is 3.91. The number of hydrogen-bond acceptors (Lipinski definition) is 5. The highest BCUT2D eigenvalue weighted by Gasteiger charge is 2.12. The molecule has 0 radical (unpaired) electrons. The van der Waals surface area contributed by atoms with Crippen molar-refractivity contribution in [3.05, 3.63) is 70.1 Å². The number of aryl methyl sites for hydroxylation is 2. The fourth-order valence-electron chi connectivity index (χ4n) is 2.42. The van der Waals surface area contributed by atoms with Gasteiger partial charge in [0.15, 0.2) is 6.61 Å². The SMILES string of the molecule is Cc1ccc(Cc2nnc(NC(=O)COc3ccc(Cl)cc3)o2)c(C)c1. The summed E-state index contributed by atoms with van der Waals surface area (Å²) in [4.78, 5) is 11.9. The van der Waals surface area contributed by atoms with E-state index in [2.05, 4.69) is 21.6 Å². The molecule has 7 heteroatoms. The molecule has 1 heterocycles. The quantitative estimate of drug-likeness (QED) is 0.710. The van der Waals surface area contributed by atoms with E-state index in [0.717, 1.165) is 11.1 Å². The second kappa shape index (κ2) is 8.01. The van der Waals surface area contributed by atoms with Crippen molar-refractivity contribution in [3.63, 3.8) is 0 Å². The number of carbonyl (C=O) groups is 1. The van der Waals surface area contributed by atoms with Crippen LogP contribution in [0.2, 0.25) is 5.02 Å². The van der Waals surface area contributed by atoms with E-state index in [1.807, 2.05) is 26.0 Å². The lowest BCUT2D eigenvalue weighted by molar-refractivity contribution is -0.118. The molecule has 3 rings (SSSR count). The molecule has 0 aliphatic rings. The zero-order valence-electron chi connectivity index (χ0n) is 14.5. The van der Waals surface area contributed by atoms with Gasteiger partial charge in [0.25, 0.3) is 5.91 Å². The molecule has 0 aliphatic carbocycles. The van der Waals surface area contributed by atoms with E-state index < -0.39 is 0 Å². The van der Waals surface area contributed by atoms with Gasteiger partial charge in [0.2, 0.25) is 5.89 Å². The maximum atomic E-state index is 11.9. The summed E-state index contributed by atoms with van der Waals surface area (Å²) in [5.41, 5.74) is 3.46. The summed E-state index contributed by atoms with van der Waals surface area (Å²) in [5.74, 6) is 0.596. The molecule has 0 saturated heterocycles. The molecule has 0 unspecified atom stereocenters. The fraction of sp³-hybridized carbons (Fsp3) is 0.211. The molecule has 0 aliphatic heterocycles. The van der Waals surface area contributed by atoms with E-state index in [4.69, 9.17) is 20.8 Å². The van der Waals surface area contributed by atoms with Crippen LogP contribution in [0.15, 0.2) is 46.9 Å². The van der Waals surface area contributed by atoms with Gasteiger partial charge >= 0.3 is 6.01 Å². The van der Waals surface area contributed by atoms with Crippen molar-refractivity contribution in [2.75, 3.05) is 11.9 Å². The third-order valence-electron chi connectivity index (χ3n) is 3.74. The molecule has 0 fully saturated rings. The van der Waals surface area contributed by atoms with E-state index in [0.29, 0.717) is 23.1 Å². The first-order valence-electron chi connectivity index (χ1n) is 8.06. The van der Waals surface area contributed by atoms with E-state index in [9.17, 15) is 4.79 Å². The minimum Gasteiger partial charge on any atom is -0.484 e. The van der Waals surface area contributed by atoms with Crippen molar-refractivity contribution in [2.24, 2.45) is 0 Å². The molecule has 1 N–H and O–H groups in total. The Morgan fingerprint density at radius 3 is 2.65 bits per heavy atom. The highest BCUT2D eigenvalue weighted by molar-refractivity contribution is 6.30. The standard InChI is InChI=1S/C19H18ClN3O3/c1-12-3-4-14(13(2)9-12)10-18-22-23-19(26-18)21-17(24)11-25-16-7-5-15(20)6-8-16/h3-9H,10-11H2,1-2H3,(H,21,23,24). The Labute approximate surface area is 156 Å². The molecule has 0 bridgehead atoms. The molecule has 0 atom stereocenters. The first-order valence-corrected chi connectivity index (χ1v) is 8.44. The predicted molar refractivity (Wildman–Crippen MR) is 98.6 cm³/mol. The van der Waals surface area contributed by atoms with Gasteiger partial charge in [-0.05, 0) is 49.2 Å². The first kappa shape index (κ1) is 17.9. The fourth-order valence-corrected chi connectivity index (χ4v) is 2.54. The normalized spacial score (nSPS) is 10.6. The summed E-state index contributed by atoms with van der Waals surface area (Å²) < 4.78 is 10.8. The van der Waals surface area contributed by atoms with Gasteiger partial charge in [0, 0.05) is 5.02 Å². The smallest absolute Gasteiger partial charge is 0.322 e. The summed E-state index contributed by atoms with van der Waals surface area (Å²) in [7, 11) is 0. The Balaban J connectivity index is 1.54. The number of nitrogens with zero attached hydrogens (tertiary/aromatic N) is 2. The highest BCUT2D eigenvalue weighted by Crippen LogP contribution is 2.17. The van der Waals surface area contributed by atoms with E-state index in [1.54, 1.807) is 24.3 Å². The van der Waals surface area contributed by atoms with Gasteiger partial charge in [0.05, 0.1) is 6.42 Å². The lowest BCUT2D eigenvalue weighted by Gasteiger charge is -2.05. The molecule has 1 amide bonds. The number of hydrogen-bond donors (Lipinski definition) is 1. The molecule has 6 nitrogen and oxygen atoms in total.